The van der Waals surface area contributed by atoms with Gasteiger partial charge in [0.2, 0.25) is 0 Å². The minimum Gasteiger partial charge on any atom is -0.497 e. The molecular weight excluding hydrogens is 593 g/mol. The Bertz CT molecular complexity index is 2040. The molecule has 3 heterocycles. The van der Waals surface area contributed by atoms with Crippen LogP contribution in [0.15, 0.2) is 110 Å². The first-order valence-electron chi connectivity index (χ1n) is 12.9. The predicted octanol–water partition coefficient (Wildman–Crippen LogP) is 6.45. The summed E-state index contributed by atoms with van der Waals surface area (Å²) in [4.78, 5) is 32.9. The highest BCUT2D eigenvalue weighted by Crippen LogP contribution is 2.33. The molecule has 1 amide bonds. The van der Waals surface area contributed by atoms with Crippen molar-refractivity contribution in [3.8, 4) is 17.1 Å². The number of anilines is 1. The Morgan fingerprint density at radius 2 is 1.86 bits per heavy atom. The number of hydrogen-bond donors (Lipinski definition) is 1. The van der Waals surface area contributed by atoms with E-state index in [1.165, 1.54) is 11.3 Å². The summed E-state index contributed by atoms with van der Waals surface area (Å²) in [7, 11) is 1.57. The second-order valence-electron chi connectivity index (χ2n) is 9.50. The molecule has 6 rings (SSSR count). The summed E-state index contributed by atoms with van der Waals surface area (Å²) >= 11 is 13.7. The predicted molar refractivity (Wildman–Crippen MR) is 166 cm³/mol. The molecule has 0 bridgehead atoms. The number of allylic oxidation sites excluding steroid dienone is 1. The van der Waals surface area contributed by atoms with Gasteiger partial charge in [0.15, 0.2) is 4.80 Å². The van der Waals surface area contributed by atoms with E-state index in [-0.39, 0.29) is 11.5 Å². The molecule has 1 aliphatic heterocycles. The summed E-state index contributed by atoms with van der Waals surface area (Å²) in [6.45, 7) is 1.78. The molecule has 7 nitrogen and oxygen atoms in total. The Hall–Kier alpha value is -4.37. The molecule has 0 saturated heterocycles. The number of rotatable bonds is 6. The van der Waals surface area contributed by atoms with Gasteiger partial charge >= 0.3 is 0 Å². The Kier molecular flexibility index (Phi) is 7.60. The molecule has 1 aliphatic rings. The lowest BCUT2D eigenvalue weighted by Crippen LogP contribution is -2.40. The average molecular weight is 617 g/mol. The lowest BCUT2D eigenvalue weighted by Gasteiger charge is -2.25. The van der Waals surface area contributed by atoms with Crippen molar-refractivity contribution in [3.05, 3.63) is 137 Å². The fourth-order valence-corrected chi connectivity index (χ4v) is 6.26. The van der Waals surface area contributed by atoms with Crippen molar-refractivity contribution in [2.45, 2.75) is 13.0 Å². The number of thiazole rings is 1. The lowest BCUT2D eigenvalue weighted by molar-refractivity contribution is -0.113. The fourth-order valence-electron chi connectivity index (χ4n) is 4.85. The van der Waals surface area contributed by atoms with Gasteiger partial charge in [-0.3, -0.25) is 14.2 Å². The van der Waals surface area contributed by atoms with Crippen molar-refractivity contribution < 1.29 is 13.9 Å². The molecule has 42 heavy (non-hydrogen) atoms. The van der Waals surface area contributed by atoms with E-state index in [9.17, 15) is 9.59 Å². The number of halogens is 2. The third-order valence-electron chi connectivity index (χ3n) is 6.80. The maximum absolute atomic E-state index is 14.0. The zero-order valence-electron chi connectivity index (χ0n) is 22.4. The first-order valence-corrected chi connectivity index (χ1v) is 14.5. The summed E-state index contributed by atoms with van der Waals surface area (Å²) in [5.41, 5.74) is 2.57. The lowest BCUT2D eigenvalue weighted by atomic mass is 9.95. The number of fused-ring (bicyclic) bond motifs is 1. The molecule has 3 aromatic carbocycles. The van der Waals surface area contributed by atoms with Crippen LogP contribution in [0.25, 0.3) is 17.4 Å². The maximum atomic E-state index is 14.0. The largest absolute Gasteiger partial charge is 0.497 e. The number of para-hydroxylation sites is 1. The van der Waals surface area contributed by atoms with Gasteiger partial charge in [-0.05, 0) is 67.1 Å². The second-order valence-corrected chi connectivity index (χ2v) is 11.4. The molecule has 5 aromatic rings. The molecular formula is C32H23Cl2N3O4S. The molecule has 0 saturated carbocycles. The molecule has 0 spiro atoms. The van der Waals surface area contributed by atoms with E-state index in [0.29, 0.717) is 64.7 Å². The van der Waals surface area contributed by atoms with Crippen molar-refractivity contribution in [3.63, 3.8) is 0 Å². The second kappa shape index (κ2) is 11.5. The highest BCUT2D eigenvalue weighted by atomic mass is 35.5. The van der Waals surface area contributed by atoms with Gasteiger partial charge in [0.05, 0.1) is 34.0 Å². The van der Waals surface area contributed by atoms with Crippen molar-refractivity contribution in [1.82, 2.24) is 4.57 Å². The summed E-state index contributed by atoms with van der Waals surface area (Å²) in [5.74, 6) is 1.24. The smallest absolute Gasteiger partial charge is 0.271 e. The minimum absolute atomic E-state index is 0.303. The molecule has 1 N–H and O–H groups in total. The molecule has 0 aliphatic carbocycles. The molecule has 1 unspecified atom stereocenters. The van der Waals surface area contributed by atoms with Crippen LogP contribution < -0.4 is 24.9 Å². The van der Waals surface area contributed by atoms with E-state index >= 15 is 0 Å². The van der Waals surface area contributed by atoms with Gasteiger partial charge in [-0.2, -0.15) is 0 Å². The molecule has 0 fully saturated rings. The topological polar surface area (TPSA) is 85.8 Å². The van der Waals surface area contributed by atoms with Crippen LogP contribution in [0.3, 0.4) is 0 Å². The van der Waals surface area contributed by atoms with Gasteiger partial charge < -0.3 is 14.5 Å². The summed E-state index contributed by atoms with van der Waals surface area (Å²) in [6.07, 6.45) is 1.66. The Labute approximate surface area is 254 Å². The van der Waals surface area contributed by atoms with Gasteiger partial charge in [-0.1, -0.05) is 64.9 Å². The van der Waals surface area contributed by atoms with E-state index in [0.717, 1.165) is 0 Å². The van der Waals surface area contributed by atoms with Crippen molar-refractivity contribution in [2.75, 3.05) is 12.4 Å². The van der Waals surface area contributed by atoms with Crippen LogP contribution in [0.5, 0.6) is 5.75 Å². The number of methoxy groups -OCH3 is 1. The minimum atomic E-state index is -0.736. The van der Waals surface area contributed by atoms with Gasteiger partial charge in [0.25, 0.3) is 11.5 Å². The van der Waals surface area contributed by atoms with Gasteiger partial charge in [-0.15, -0.1) is 0 Å². The van der Waals surface area contributed by atoms with Crippen LogP contribution in [0.2, 0.25) is 10.0 Å². The molecule has 2 aromatic heterocycles. The van der Waals surface area contributed by atoms with E-state index in [1.54, 1.807) is 67.1 Å². The van der Waals surface area contributed by atoms with Crippen LogP contribution in [0.1, 0.15) is 24.3 Å². The van der Waals surface area contributed by atoms with E-state index in [2.05, 4.69) is 5.32 Å². The number of benzene rings is 3. The third-order valence-corrected chi connectivity index (χ3v) is 8.35. The van der Waals surface area contributed by atoms with E-state index < -0.39 is 6.04 Å². The number of hydrogen-bond acceptors (Lipinski definition) is 6. The van der Waals surface area contributed by atoms with Crippen LogP contribution in [-0.2, 0) is 4.79 Å². The van der Waals surface area contributed by atoms with Crippen LogP contribution in [0, 0.1) is 0 Å². The summed E-state index contributed by atoms with van der Waals surface area (Å²) < 4.78 is 13.4. The van der Waals surface area contributed by atoms with Crippen molar-refractivity contribution in [1.29, 1.82) is 0 Å². The monoisotopic (exact) mass is 615 g/mol. The number of ether oxygens (including phenoxy) is 1. The number of nitrogens with zero attached hydrogens (tertiary/aromatic N) is 2. The summed E-state index contributed by atoms with van der Waals surface area (Å²) in [6, 6.07) is 24.4. The standard InChI is InChI=1S/C32H23Cl2N3O4S/c1-18-28(30(38)36-21-8-4-3-5-9-21)29(19-7-6-10-22(15-19)40-2)37-31(39)27(42-32(37)35-18)17-23-12-14-26(41-23)24-16-20(33)11-13-25(24)34/h3-17,29H,1-2H3,(H,36,38)/b27-17-. The van der Waals surface area contributed by atoms with Gasteiger partial charge in [0, 0.05) is 22.3 Å². The van der Waals surface area contributed by atoms with Gasteiger partial charge in [-0.25, -0.2) is 4.99 Å². The van der Waals surface area contributed by atoms with Crippen LogP contribution in [-0.4, -0.2) is 17.6 Å². The Balaban J connectivity index is 1.47. The Morgan fingerprint density at radius 3 is 2.64 bits per heavy atom. The maximum Gasteiger partial charge on any atom is 0.271 e. The van der Waals surface area contributed by atoms with E-state index in [1.807, 2.05) is 42.5 Å². The van der Waals surface area contributed by atoms with Crippen LogP contribution in [0.4, 0.5) is 5.69 Å². The first kappa shape index (κ1) is 27.8. The molecule has 10 heteroatoms. The highest BCUT2D eigenvalue weighted by molar-refractivity contribution is 7.07. The van der Waals surface area contributed by atoms with Gasteiger partial charge in [0.1, 0.15) is 17.3 Å². The number of aromatic nitrogens is 1. The average Bonchev–Trinajstić information content (AvgIpc) is 3.58. The van der Waals surface area contributed by atoms with Crippen LogP contribution >= 0.6 is 34.5 Å². The van der Waals surface area contributed by atoms with Crippen molar-refractivity contribution in [2.24, 2.45) is 4.99 Å². The number of amides is 1. The normalized spacial score (nSPS) is 14.9. The first-order chi connectivity index (χ1) is 20.3. The number of carbonyl (C=O) groups excluding carboxylic acids is 1. The molecule has 1 atom stereocenters. The zero-order chi connectivity index (χ0) is 29.4. The molecule has 210 valence electrons. The molecule has 0 radical (unpaired) electrons. The fraction of sp³-hybridized carbons (Fsp3) is 0.0938. The van der Waals surface area contributed by atoms with E-state index in [4.69, 9.17) is 37.3 Å². The number of carbonyl (C=O) groups is 1. The summed E-state index contributed by atoms with van der Waals surface area (Å²) in [5, 5.41) is 3.97. The SMILES string of the molecule is COc1cccc(C2C(C(=O)Nc3ccccc3)=C(C)N=c3s/c(=C\c4ccc(-c5cc(Cl)ccc5Cl)o4)c(=O)n32)c1. The third kappa shape index (κ3) is 5.32. The highest BCUT2D eigenvalue weighted by Gasteiger charge is 2.32. The number of nitrogens with one attached hydrogen (secondary N) is 1. The van der Waals surface area contributed by atoms with Crippen molar-refractivity contribution >= 4 is 52.2 Å². The zero-order valence-corrected chi connectivity index (χ0v) is 24.8. The quantitative estimate of drug-likeness (QED) is 0.238. The Morgan fingerprint density at radius 1 is 1.05 bits per heavy atom. The number of furan rings is 1.